The predicted molar refractivity (Wildman–Crippen MR) is 126 cm³/mol. The fourth-order valence-corrected chi connectivity index (χ4v) is 4.05. The van der Waals surface area contributed by atoms with E-state index in [4.69, 9.17) is 4.74 Å². The summed E-state index contributed by atoms with van der Waals surface area (Å²) in [5.41, 5.74) is 3.09. The third kappa shape index (κ3) is 6.62. The van der Waals surface area contributed by atoms with Gasteiger partial charge in [-0.1, -0.05) is 72.8 Å². The van der Waals surface area contributed by atoms with Crippen LogP contribution in [-0.2, 0) is 26.1 Å². The minimum absolute atomic E-state index is 0.164. The second-order valence-corrected chi connectivity index (χ2v) is 8.82. The van der Waals surface area contributed by atoms with E-state index in [0.29, 0.717) is 12.2 Å². The minimum atomic E-state index is -3.59. The Bertz CT molecular complexity index is 1140. The quantitative estimate of drug-likeness (QED) is 0.281. The van der Waals surface area contributed by atoms with Crippen LogP contribution in [0, 0.1) is 0 Å². The third-order valence-electron chi connectivity index (χ3n) is 4.72. The molecule has 0 heterocycles. The maximum atomic E-state index is 13.0. The first-order valence-corrected chi connectivity index (χ1v) is 11.7. The molecule has 32 heavy (non-hydrogen) atoms. The number of benzene rings is 3. The normalized spacial score (nSPS) is 11.8. The zero-order valence-electron chi connectivity index (χ0n) is 17.8. The molecule has 3 rings (SSSR count). The number of carbonyl (C=O) groups is 1. The molecule has 0 aliphatic carbocycles. The molecule has 0 fully saturated rings. The lowest BCUT2D eigenvalue weighted by Gasteiger charge is -2.11. The van der Waals surface area contributed by atoms with Gasteiger partial charge in [-0.15, -0.1) is 0 Å². The summed E-state index contributed by atoms with van der Waals surface area (Å²) < 4.78 is 31.9. The van der Waals surface area contributed by atoms with E-state index in [0.717, 1.165) is 16.7 Å². The van der Waals surface area contributed by atoms with Gasteiger partial charge in [0.1, 0.15) is 0 Å². The van der Waals surface area contributed by atoms with Crippen LogP contribution in [0.2, 0.25) is 0 Å². The smallest absolute Gasteiger partial charge is 0.252 e. The summed E-state index contributed by atoms with van der Waals surface area (Å²) in [7, 11) is -2.08. The molecule has 0 aromatic heterocycles. The van der Waals surface area contributed by atoms with E-state index in [9.17, 15) is 13.2 Å². The molecule has 7 heteroatoms. The van der Waals surface area contributed by atoms with Crippen molar-refractivity contribution in [2.75, 3.05) is 20.3 Å². The number of hydrogen-bond acceptors (Lipinski definition) is 4. The van der Waals surface area contributed by atoms with Gasteiger partial charge in [-0.05, 0) is 34.9 Å². The lowest BCUT2D eigenvalue weighted by Crippen LogP contribution is -2.27. The molecular weight excluding hydrogens is 424 g/mol. The zero-order chi connectivity index (χ0) is 22.8. The Morgan fingerprint density at radius 3 is 2.16 bits per heavy atom. The first-order valence-electron chi connectivity index (χ1n) is 10.2. The first-order chi connectivity index (χ1) is 15.5. The molecule has 3 aromatic rings. The van der Waals surface area contributed by atoms with Gasteiger partial charge in [-0.25, -0.2) is 13.1 Å². The monoisotopic (exact) mass is 450 g/mol. The minimum Gasteiger partial charge on any atom is -0.383 e. The molecule has 2 N–H and O–H groups in total. The average Bonchev–Trinajstić information content (AvgIpc) is 2.82. The summed E-state index contributed by atoms with van der Waals surface area (Å²) >= 11 is 0. The van der Waals surface area contributed by atoms with E-state index < -0.39 is 10.0 Å². The van der Waals surface area contributed by atoms with E-state index in [-0.39, 0.29) is 23.9 Å². The van der Waals surface area contributed by atoms with Crippen LogP contribution in [0.25, 0.3) is 11.6 Å². The molecular formula is C25H26N2O4S. The number of methoxy groups -OCH3 is 1. The Hall–Kier alpha value is -3.26. The largest absolute Gasteiger partial charge is 0.383 e. The summed E-state index contributed by atoms with van der Waals surface area (Å²) in [6.07, 6.45) is 1.85. The van der Waals surface area contributed by atoms with Crippen LogP contribution in [0.5, 0.6) is 0 Å². The van der Waals surface area contributed by atoms with Crippen molar-refractivity contribution < 1.29 is 17.9 Å². The number of carbonyl (C=O) groups excluding carboxylic acids is 1. The van der Waals surface area contributed by atoms with E-state index in [1.54, 1.807) is 12.1 Å². The molecule has 3 aromatic carbocycles. The second kappa shape index (κ2) is 11.4. The van der Waals surface area contributed by atoms with Crippen molar-refractivity contribution in [2.45, 2.75) is 11.4 Å². The maximum Gasteiger partial charge on any atom is 0.252 e. The fraction of sp³-hybridized carbons (Fsp3) is 0.160. The highest BCUT2D eigenvalue weighted by atomic mass is 32.2. The molecule has 0 unspecified atom stereocenters. The van der Waals surface area contributed by atoms with E-state index in [1.165, 1.54) is 19.2 Å². The first kappa shape index (κ1) is 23.4. The van der Waals surface area contributed by atoms with Crippen LogP contribution in [0.15, 0.2) is 89.8 Å². The van der Waals surface area contributed by atoms with Crippen molar-refractivity contribution in [3.63, 3.8) is 0 Å². The van der Waals surface area contributed by atoms with Crippen LogP contribution in [0.1, 0.15) is 16.7 Å². The van der Waals surface area contributed by atoms with E-state index in [2.05, 4.69) is 10.0 Å². The Labute approximate surface area is 189 Å². The van der Waals surface area contributed by atoms with Gasteiger partial charge in [-0.3, -0.25) is 4.79 Å². The Kier molecular flexibility index (Phi) is 8.33. The number of rotatable bonds is 10. The molecule has 6 nitrogen and oxygen atoms in total. The molecule has 0 atom stereocenters. The second-order valence-electron chi connectivity index (χ2n) is 7.05. The number of amides is 1. The zero-order valence-corrected chi connectivity index (χ0v) is 18.6. The average molecular weight is 451 g/mol. The van der Waals surface area contributed by atoms with Crippen LogP contribution in [-0.4, -0.2) is 34.6 Å². The van der Waals surface area contributed by atoms with Crippen LogP contribution >= 0.6 is 0 Å². The molecule has 0 aliphatic heterocycles. The molecule has 0 aliphatic rings. The predicted octanol–water partition coefficient (Wildman–Crippen LogP) is 3.47. The Morgan fingerprint density at radius 2 is 1.53 bits per heavy atom. The molecule has 1 amide bonds. The summed E-state index contributed by atoms with van der Waals surface area (Å²) in [6, 6.07) is 25.5. The molecule has 0 bridgehead atoms. The molecule has 0 spiro atoms. The highest BCUT2D eigenvalue weighted by Gasteiger charge is 2.14. The van der Waals surface area contributed by atoms with Gasteiger partial charge < -0.3 is 10.1 Å². The number of nitrogens with one attached hydrogen (secondary N) is 2. The van der Waals surface area contributed by atoms with Gasteiger partial charge in [0.25, 0.3) is 5.91 Å². The van der Waals surface area contributed by atoms with Crippen molar-refractivity contribution in [3.8, 4) is 0 Å². The van der Waals surface area contributed by atoms with Crippen molar-refractivity contribution in [1.82, 2.24) is 10.0 Å². The SMILES string of the molecule is COCCNS(=O)(=O)c1ccc(CNC(=O)/C(=C\c2ccccc2)c2ccccc2)cc1. The lowest BCUT2D eigenvalue weighted by atomic mass is 10.0. The van der Waals surface area contributed by atoms with Gasteiger partial charge in [0.05, 0.1) is 11.5 Å². The van der Waals surface area contributed by atoms with Gasteiger partial charge >= 0.3 is 0 Å². The standard InChI is InChI=1S/C25H26N2O4S/c1-31-17-16-27-32(29,30)23-14-12-21(13-15-23)19-26-25(28)24(22-10-6-3-7-11-22)18-20-8-4-2-5-9-20/h2-15,18,27H,16-17,19H2,1H3,(H,26,28)/b24-18-. The fourth-order valence-electron chi connectivity index (χ4n) is 3.04. The van der Waals surface area contributed by atoms with Crippen LogP contribution in [0.3, 0.4) is 0 Å². The summed E-state index contributed by atoms with van der Waals surface area (Å²) in [4.78, 5) is 13.2. The van der Waals surface area contributed by atoms with Gasteiger partial charge in [0.15, 0.2) is 0 Å². The van der Waals surface area contributed by atoms with Crippen molar-refractivity contribution in [2.24, 2.45) is 0 Å². The van der Waals surface area contributed by atoms with E-state index >= 15 is 0 Å². The topological polar surface area (TPSA) is 84.5 Å². The summed E-state index contributed by atoms with van der Waals surface area (Å²) in [6.45, 7) is 0.769. The van der Waals surface area contributed by atoms with Crippen molar-refractivity contribution in [1.29, 1.82) is 0 Å². The lowest BCUT2D eigenvalue weighted by molar-refractivity contribution is -0.115. The summed E-state index contributed by atoms with van der Waals surface area (Å²) in [5, 5.41) is 2.93. The maximum absolute atomic E-state index is 13.0. The Balaban J connectivity index is 1.71. The molecule has 166 valence electrons. The Morgan fingerprint density at radius 1 is 0.906 bits per heavy atom. The number of hydrogen-bond donors (Lipinski definition) is 2. The van der Waals surface area contributed by atoms with Gasteiger partial charge in [0, 0.05) is 25.8 Å². The third-order valence-corrected chi connectivity index (χ3v) is 6.20. The van der Waals surface area contributed by atoms with Crippen molar-refractivity contribution >= 4 is 27.6 Å². The molecule has 0 saturated heterocycles. The van der Waals surface area contributed by atoms with Crippen LogP contribution < -0.4 is 10.0 Å². The molecule has 0 saturated carbocycles. The number of ether oxygens (including phenoxy) is 1. The highest BCUT2D eigenvalue weighted by molar-refractivity contribution is 7.89. The number of sulfonamides is 1. The highest BCUT2D eigenvalue weighted by Crippen LogP contribution is 2.19. The molecule has 0 radical (unpaired) electrons. The van der Waals surface area contributed by atoms with E-state index in [1.807, 2.05) is 66.7 Å². The van der Waals surface area contributed by atoms with Crippen molar-refractivity contribution in [3.05, 3.63) is 102 Å². The van der Waals surface area contributed by atoms with Crippen LogP contribution in [0.4, 0.5) is 0 Å². The summed E-state index contributed by atoms with van der Waals surface area (Å²) in [5.74, 6) is -0.210. The van der Waals surface area contributed by atoms with Gasteiger partial charge in [0.2, 0.25) is 10.0 Å². The van der Waals surface area contributed by atoms with Gasteiger partial charge in [-0.2, -0.15) is 0 Å².